The van der Waals surface area contributed by atoms with E-state index in [0.29, 0.717) is 25.0 Å². The van der Waals surface area contributed by atoms with Crippen LogP contribution < -0.4 is 15.4 Å². The van der Waals surface area contributed by atoms with Crippen molar-refractivity contribution in [1.82, 2.24) is 15.4 Å². The number of benzene rings is 1. The van der Waals surface area contributed by atoms with Crippen molar-refractivity contribution in [2.75, 3.05) is 6.54 Å². The van der Waals surface area contributed by atoms with Crippen molar-refractivity contribution in [2.45, 2.75) is 62.6 Å². The van der Waals surface area contributed by atoms with Crippen LogP contribution in [0.1, 0.15) is 44.6 Å². The number of carbonyl (C=O) groups is 1. The lowest BCUT2D eigenvalue weighted by atomic mass is 9.85. The van der Waals surface area contributed by atoms with Gasteiger partial charge in [0, 0.05) is 19.1 Å². The Morgan fingerprint density at radius 1 is 1.19 bits per heavy atom. The lowest BCUT2D eigenvalue weighted by Crippen LogP contribution is -2.42. The maximum Gasteiger partial charge on any atom is 0.240 e. The Kier molecular flexibility index (Phi) is 7.46. The minimum atomic E-state index is -3.43. The van der Waals surface area contributed by atoms with Crippen LogP contribution in [0.4, 0.5) is 0 Å². The van der Waals surface area contributed by atoms with Crippen LogP contribution in [0.2, 0.25) is 0 Å². The first kappa shape index (κ1) is 21.2. The lowest BCUT2D eigenvalue weighted by Gasteiger charge is -2.24. The molecule has 6 nitrogen and oxygen atoms in total. The quantitative estimate of drug-likeness (QED) is 0.679. The summed E-state index contributed by atoms with van der Waals surface area (Å²) in [6, 6.07) is 7.03. The summed E-state index contributed by atoms with van der Waals surface area (Å²) < 4.78 is 26.3. The van der Waals surface area contributed by atoms with Crippen LogP contribution in [0.3, 0.4) is 0 Å². The average Bonchev–Trinajstić information content (AvgIpc) is 3.04. The number of sulfonamides is 1. The number of hydrogen-bond acceptors (Lipinski definition) is 4. The van der Waals surface area contributed by atoms with Gasteiger partial charge in [-0.25, -0.2) is 13.1 Å². The molecule has 8 heteroatoms. The Morgan fingerprint density at radius 2 is 1.88 bits per heavy atom. The van der Waals surface area contributed by atoms with Gasteiger partial charge >= 0.3 is 0 Å². The zero-order chi connectivity index (χ0) is 17.9. The number of fused-ring (bicyclic) bond motifs is 1. The lowest BCUT2D eigenvalue weighted by molar-refractivity contribution is -0.123. The molecule has 26 heavy (non-hydrogen) atoms. The molecule has 1 aliphatic carbocycles. The van der Waals surface area contributed by atoms with E-state index in [1.54, 1.807) is 31.2 Å². The highest BCUT2D eigenvalue weighted by molar-refractivity contribution is 7.89. The van der Waals surface area contributed by atoms with Gasteiger partial charge in [-0.15, -0.1) is 12.4 Å². The van der Waals surface area contributed by atoms with Crippen molar-refractivity contribution in [1.29, 1.82) is 0 Å². The van der Waals surface area contributed by atoms with Gasteiger partial charge in [0.15, 0.2) is 0 Å². The van der Waals surface area contributed by atoms with Crippen molar-refractivity contribution in [3.05, 3.63) is 29.8 Å². The maximum absolute atomic E-state index is 12.4. The molecule has 2 aliphatic rings. The van der Waals surface area contributed by atoms with Crippen LogP contribution in [-0.2, 0) is 21.4 Å². The molecule has 1 saturated carbocycles. The number of carbonyl (C=O) groups excluding carboxylic acids is 1. The Labute approximate surface area is 162 Å². The Bertz CT molecular complexity index is 695. The molecule has 1 heterocycles. The van der Waals surface area contributed by atoms with E-state index < -0.39 is 10.0 Å². The molecule has 1 aliphatic heterocycles. The second-order valence-corrected chi connectivity index (χ2v) is 8.74. The van der Waals surface area contributed by atoms with Gasteiger partial charge in [0.05, 0.1) is 10.9 Å². The molecule has 0 bridgehead atoms. The van der Waals surface area contributed by atoms with E-state index in [1.165, 1.54) is 25.7 Å². The van der Waals surface area contributed by atoms with Crippen molar-refractivity contribution in [3.8, 4) is 0 Å². The van der Waals surface area contributed by atoms with Crippen LogP contribution in [0, 0.1) is 5.92 Å². The molecule has 3 unspecified atom stereocenters. The largest absolute Gasteiger partial charge is 0.351 e. The smallest absolute Gasteiger partial charge is 0.240 e. The molecule has 3 atom stereocenters. The predicted octanol–water partition coefficient (Wildman–Crippen LogP) is 1.94. The molecule has 1 saturated heterocycles. The Balaban J connectivity index is 0.00000243. The van der Waals surface area contributed by atoms with E-state index >= 15 is 0 Å². The van der Waals surface area contributed by atoms with E-state index in [-0.39, 0.29) is 29.3 Å². The molecule has 1 aromatic carbocycles. The average molecular weight is 402 g/mol. The first-order valence-electron chi connectivity index (χ1n) is 9.12. The zero-order valence-electron chi connectivity index (χ0n) is 15.0. The molecule has 146 valence electrons. The molecule has 1 aromatic rings. The van der Waals surface area contributed by atoms with E-state index in [4.69, 9.17) is 0 Å². The number of halogens is 1. The Hall–Kier alpha value is -1.15. The summed E-state index contributed by atoms with van der Waals surface area (Å²) in [6.45, 7) is 2.51. The summed E-state index contributed by atoms with van der Waals surface area (Å²) in [5.41, 5.74) is 0.888. The van der Waals surface area contributed by atoms with Crippen LogP contribution in [0.25, 0.3) is 0 Å². The van der Waals surface area contributed by atoms with Gasteiger partial charge in [-0.05, 0) is 42.9 Å². The normalized spacial score (nSPS) is 25.2. The van der Waals surface area contributed by atoms with Crippen LogP contribution in [0.15, 0.2) is 29.2 Å². The molecule has 1 amide bonds. The van der Waals surface area contributed by atoms with Crippen LogP contribution in [-0.4, -0.2) is 33.0 Å². The van der Waals surface area contributed by atoms with Crippen LogP contribution in [0.5, 0.6) is 0 Å². The first-order chi connectivity index (χ1) is 12.0. The molecule has 3 rings (SSSR count). The van der Waals surface area contributed by atoms with Gasteiger partial charge in [0.2, 0.25) is 15.9 Å². The Morgan fingerprint density at radius 3 is 2.54 bits per heavy atom. The molecule has 0 spiro atoms. The number of amides is 1. The summed E-state index contributed by atoms with van der Waals surface area (Å²) in [5, 5.41) is 6.44. The SMILES string of the molecule is CCNS(=O)(=O)c1ccc(CNC(=O)C2CC3CCCCC3N2)cc1.Cl. The fourth-order valence-corrected chi connectivity index (χ4v) is 4.93. The van der Waals surface area contributed by atoms with Crippen molar-refractivity contribution >= 4 is 28.3 Å². The molecule has 3 N–H and O–H groups in total. The second kappa shape index (κ2) is 9.17. The molecular weight excluding hydrogens is 374 g/mol. The number of nitrogens with one attached hydrogen (secondary N) is 3. The zero-order valence-corrected chi connectivity index (χ0v) is 16.7. The summed E-state index contributed by atoms with van der Waals surface area (Å²) in [6.07, 6.45) is 5.86. The van der Waals surface area contributed by atoms with E-state index in [0.717, 1.165) is 12.0 Å². The second-order valence-electron chi connectivity index (χ2n) is 6.97. The highest BCUT2D eigenvalue weighted by Gasteiger charge is 2.37. The van der Waals surface area contributed by atoms with Gasteiger partial charge < -0.3 is 10.6 Å². The fraction of sp³-hybridized carbons (Fsp3) is 0.611. The number of rotatable bonds is 6. The third-order valence-corrected chi connectivity index (χ3v) is 6.78. The summed E-state index contributed by atoms with van der Waals surface area (Å²) in [4.78, 5) is 12.6. The van der Waals surface area contributed by atoms with E-state index in [9.17, 15) is 13.2 Å². The number of hydrogen-bond donors (Lipinski definition) is 3. The van der Waals surface area contributed by atoms with Gasteiger partial charge in [0.1, 0.15) is 0 Å². The standard InChI is InChI=1S/C18H27N3O3S.ClH/c1-2-20-25(23,24)15-9-7-13(8-10-15)12-19-18(22)17-11-14-5-3-4-6-16(14)21-17;/h7-10,14,16-17,20-21H,2-6,11-12H2,1H3,(H,19,22);1H. The minimum absolute atomic E-state index is 0. The van der Waals surface area contributed by atoms with Crippen molar-refractivity contribution in [3.63, 3.8) is 0 Å². The molecule has 0 aromatic heterocycles. The van der Waals surface area contributed by atoms with Gasteiger partial charge in [-0.2, -0.15) is 0 Å². The topological polar surface area (TPSA) is 87.3 Å². The molecule has 0 radical (unpaired) electrons. The van der Waals surface area contributed by atoms with E-state index in [2.05, 4.69) is 15.4 Å². The summed E-state index contributed by atoms with van der Waals surface area (Å²) >= 11 is 0. The van der Waals surface area contributed by atoms with Gasteiger partial charge in [-0.3, -0.25) is 4.79 Å². The van der Waals surface area contributed by atoms with Crippen molar-refractivity contribution < 1.29 is 13.2 Å². The third kappa shape index (κ3) is 4.97. The summed E-state index contributed by atoms with van der Waals surface area (Å²) in [7, 11) is -3.43. The van der Waals surface area contributed by atoms with E-state index in [1.807, 2.05) is 0 Å². The van der Waals surface area contributed by atoms with Crippen LogP contribution >= 0.6 is 12.4 Å². The predicted molar refractivity (Wildman–Crippen MR) is 104 cm³/mol. The molecule has 2 fully saturated rings. The fourth-order valence-electron chi connectivity index (χ4n) is 3.89. The van der Waals surface area contributed by atoms with Gasteiger partial charge in [-0.1, -0.05) is 31.9 Å². The monoisotopic (exact) mass is 401 g/mol. The molecular formula is C18H28ClN3O3S. The van der Waals surface area contributed by atoms with Gasteiger partial charge in [0.25, 0.3) is 0 Å². The third-order valence-electron chi connectivity index (χ3n) is 5.21. The first-order valence-corrected chi connectivity index (χ1v) is 10.6. The minimum Gasteiger partial charge on any atom is -0.351 e. The highest BCUT2D eigenvalue weighted by atomic mass is 35.5. The maximum atomic E-state index is 12.4. The van der Waals surface area contributed by atoms with Crippen molar-refractivity contribution in [2.24, 2.45) is 5.92 Å². The summed E-state index contributed by atoms with van der Waals surface area (Å²) in [5.74, 6) is 0.679. The highest BCUT2D eigenvalue weighted by Crippen LogP contribution is 2.33.